The SMILES string of the molecule is CCCCSC1=N[C@@H](C(=O)OC)[C@@H]2C(=O)N(c3ccccc3)C(=O)[C@]12n1[nH]c(=O)n(-c2ccccc2)c1=O. The number of carbonyl (C=O) groups is 3. The third-order valence-electron chi connectivity index (χ3n) is 6.72. The number of aromatic nitrogens is 3. The Bertz CT molecular complexity index is 1540. The smallest absolute Gasteiger partial charge is 0.353 e. The van der Waals surface area contributed by atoms with Crippen molar-refractivity contribution in [2.24, 2.45) is 10.9 Å². The Kier molecular flexibility index (Phi) is 6.66. The second kappa shape index (κ2) is 9.93. The number of imide groups is 1. The second-order valence-electron chi connectivity index (χ2n) is 8.87. The lowest BCUT2D eigenvalue weighted by atomic mass is 9.84. The number of amides is 2. The van der Waals surface area contributed by atoms with E-state index in [2.05, 4.69) is 10.1 Å². The Morgan fingerprint density at radius 2 is 1.66 bits per heavy atom. The number of carbonyl (C=O) groups excluding carboxylic acids is 3. The molecule has 0 radical (unpaired) electrons. The number of nitrogens with zero attached hydrogens (tertiary/aromatic N) is 4. The third-order valence-corrected chi connectivity index (χ3v) is 7.90. The van der Waals surface area contributed by atoms with E-state index in [4.69, 9.17) is 4.74 Å². The van der Waals surface area contributed by atoms with Gasteiger partial charge in [-0.25, -0.2) is 33.6 Å². The van der Waals surface area contributed by atoms with Crippen molar-refractivity contribution in [2.45, 2.75) is 31.3 Å². The molecule has 1 aromatic heterocycles. The van der Waals surface area contributed by atoms with Crippen molar-refractivity contribution in [1.82, 2.24) is 14.3 Å². The fourth-order valence-electron chi connectivity index (χ4n) is 4.95. The lowest BCUT2D eigenvalue weighted by molar-refractivity contribution is -0.145. The summed E-state index contributed by atoms with van der Waals surface area (Å²) in [5.74, 6) is -3.24. The molecule has 1 fully saturated rings. The van der Waals surface area contributed by atoms with Gasteiger partial charge < -0.3 is 4.74 Å². The number of hydrogen-bond acceptors (Lipinski definition) is 8. The summed E-state index contributed by atoms with van der Waals surface area (Å²) in [6, 6.07) is 15.1. The molecule has 2 aromatic carbocycles. The number of aromatic amines is 1. The predicted octanol–water partition coefficient (Wildman–Crippen LogP) is 1.70. The molecule has 38 heavy (non-hydrogen) atoms. The minimum Gasteiger partial charge on any atom is -0.467 e. The molecule has 2 aliphatic rings. The Labute approximate surface area is 221 Å². The van der Waals surface area contributed by atoms with Gasteiger partial charge in [-0.2, -0.15) is 0 Å². The molecule has 2 aliphatic heterocycles. The van der Waals surface area contributed by atoms with Crippen molar-refractivity contribution in [2.75, 3.05) is 17.8 Å². The molecule has 1 saturated heterocycles. The van der Waals surface area contributed by atoms with Crippen LogP contribution in [0.4, 0.5) is 5.69 Å². The molecule has 11 nitrogen and oxygen atoms in total. The number of benzene rings is 2. The first-order valence-corrected chi connectivity index (χ1v) is 13.1. The molecule has 5 rings (SSSR count). The zero-order chi connectivity index (χ0) is 27.0. The van der Waals surface area contributed by atoms with Crippen LogP contribution in [-0.4, -0.2) is 56.1 Å². The van der Waals surface area contributed by atoms with Gasteiger partial charge in [-0.15, -0.1) is 11.8 Å². The number of H-pyrrole nitrogens is 1. The molecule has 3 heterocycles. The van der Waals surface area contributed by atoms with Crippen molar-refractivity contribution in [3.63, 3.8) is 0 Å². The lowest BCUT2D eigenvalue weighted by Gasteiger charge is -2.28. The third kappa shape index (κ3) is 3.66. The minimum atomic E-state index is -2.07. The summed E-state index contributed by atoms with van der Waals surface area (Å²) in [6.45, 7) is 2.00. The van der Waals surface area contributed by atoms with E-state index in [9.17, 15) is 24.0 Å². The highest BCUT2D eigenvalue weighted by Crippen LogP contribution is 2.49. The van der Waals surface area contributed by atoms with Crippen LogP contribution in [0.2, 0.25) is 0 Å². The zero-order valence-electron chi connectivity index (χ0n) is 20.7. The van der Waals surface area contributed by atoms with Gasteiger partial charge in [0.2, 0.25) is 11.4 Å². The van der Waals surface area contributed by atoms with Crippen LogP contribution in [0.5, 0.6) is 0 Å². The quantitative estimate of drug-likeness (QED) is 0.276. The van der Waals surface area contributed by atoms with Crippen molar-refractivity contribution in [1.29, 1.82) is 0 Å². The van der Waals surface area contributed by atoms with Gasteiger partial charge >= 0.3 is 17.3 Å². The molecule has 2 amide bonds. The van der Waals surface area contributed by atoms with Crippen molar-refractivity contribution >= 4 is 40.3 Å². The number of rotatable bonds is 7. The number of fused-ring (bicyclic) bond motifs is 1. The van der Waals surface area contributed by atoms with Gasteiger partial charge in [-0.1, -0.05) is 49.7 Å². The molecule has 0 saturated carbocycles. The largest absolute Gasteiger partial charge is 0.467 e. The summed E-state index contributed by atoms with van der Waals surface area (Å²) in [6.07, 6.45) is 1.61. The summed E-state index contributed by atoms with van der Waals surface area (Å²) in [5.41, 5.74) is -3.18. The maximum atomic E-state index is 14.4. The van der Waals surface area contributed by atoms with Crippen LogP contribution >= 0.6 is 11.8 Å². The van der Waals surface area contributed by atoms with Crippen LogP contribution in [-0.2, 0) is 24.7 Å². The summed E-state index contributed by atoms with van der Waals surface area (Å²) < 4.78 is 6.70. The number of unbranched alkanes of at least 4 members (excludes halogenated alkanes) is 1. The van der Waals surface area contributed by atoms with Gasteiger partial charge in [0.1, 0.15) is 11.0 Å². The van der Waals surface area contributed by atoms with Gasteiger partial charge in [0, 0.05) is 0 Å². The number of methoxy groups -OCH3 is 1. The Morgan fingerprint density at radius 3 is 2.26 bits per heavy atom. The Morgan fingerprint density at radius 1 is 1.03 bits per heavy atom. The first-order valence-electron chi connectivity index (χ1n) is 12.1. The van der Waals surface area contributed by atoms with E-state index < -0.39 is 46.7 Å². The summed E-state index contributed by atoms with van der Waals surface area (Å²) in [4.78, 5) is 73.7. The molecular weight excluding hydrogens is 510 g/mol. The summed E-state index contributed by atoms with van der Waals surface area (Å²) in [7, 11) is 1.16. The maximum Gasteiger partial charge on any atom is 0.353 e. The molecule has 12 heteroatoms. The molecular formula is C26H25N5O6S. The molecule has 3 atom stereocenters. The zero-order valence-corrected chi connectivity index (χ0v) is 21.5. The second-order valence-corrected chi connectivity index (χ2v) is 9.95. The van der Waals surface area contributed by atoms with Crippen molar-refractivity contribution in [3.05, 3.63) is 81.6 Å². The first-order chi connectivity index (χ1) is 18.4. The van der Waals surface area contributed by atoms with Crippen LogP contribution in [0.1, 0.15) is 19.8 Å². The van der Waals surface area contributed by atoms with E-state index in [-0.39, 0.29) is 16.4 Å². The molecule has 0 bridgehead atoms. The van der Waals surface area contributed by atoms with E-state index in [0.717, 1.165) is 34.1 Å². The van der Waals surface area contributed by atoms with E-state index in [1.807, 2.05) is 6.92 Å². The predicted molar refractivity (Wildman–Crippen MR) is 142 cm³/mol. The van der Waals surface area contributed by atoms with Gasteiger partial charge in [0.05, 0.1) is 18.5 Å². The summed E-state index contributed by atoms with van der Waals surface area (Å²) >= 11 is 1.18. The Balaban J connectivity index is 1.79. The van der Waals surface area contributed by atoms with Gasteiger partial charge in [-0.3, -0.25) is 14.6 Å². The van der Waals surface area contributed by atoms with Crippen LogP contribution in [0.25, 0.3) is 5.69 Å². The number of ether oxygens (including phenoxy) is 1. The van der Waals surface area contributed by atoms with E-state index in [0.29, 0.717) is 5.75 Å². The highest BCUT2D eigenvalue weighted by atomic mass is 32.2. The van der Waals surface area contributed by atoms with Gasteiger partial charge in [0.25, 0.3) is 5.91 Å². The van der Waals surface area contributed by atoms with Crippen molar-refractivity contribution < 1.29 is 19.1 Å². The van der Waals surface area contributed by atoms with Crippen LogP contribution in [0, 0.1) is 5.92 Å². The molecule has 0 aliphatic carbocycles. The summed E-state index contributed by atoms with van der Waals surface area (Å²) in [5, 5.41) is 2.61. The first kappa shape index (κ1) is 25.5. The number of para-hydroxylation sites is 2. The maximum absolute atomic E-state index is 14.4. The van der Waals surface area contributed by atoms with Gasteiger partial charge in [-0.05, 0) is 36.4 Å². The monoisotopic (exact) mass is 535 g/mol. The average molecular weight is 536 g/mol. The molecule has 1 N–H and O–H groups in total. The topological polar surface area (TPSA) is 136 Å². The highest BCUT2D eigenvalue weighted by molar-refractivity contribution is 8.14. The van der Waals surface area contributed by atoms with E-state index in [1.165, 1.54) is 11.8 Å². The molecule has 0 spiro atoms. The molecule has 196 valence electrons. The lowest BCUT2D eigenvalue weighted by Crippen LogP contribution is -2.55. The minimum absolute atomic E-state index is 0.103. The van der Waals surface area contributed by atoms with Crippen molar-refractivity contribution in [3.8, 4) is 5.69 Å². The normalized spacial score (nSPS) is 22.5. The van der Waals surface area contributed by atoms with Crippen LogP contribution in [0.15, 0.2) is 75.2 Å². The number of thioether (sulfide) groups is 1. The number of aliphatic imine (C=N–C) groups is 1. The number of anilines is 1. The van der Waals surface area contributed by atoms with E-state index in [1.54, 1.807) is 60.7 Å². The fraction of sp³-hybridized carbons (Fsp3) is 0.308. The number of esters is 1. The number of nitrogens with one attached hydrogen (secondary N) is 1. The van der Waals surface area contributed by atoms with Crippen LogP contribution in [0.3, 0.4) is 0 Å². The molecule has 0 unspecified atom stereocenters. The number of hydrogen-bond donors (Lipinski definition) is 1. The highest BCUT2D eigenvalue weighted by Gasteiger charge is 2.72. The standard InChI is InChI=1S/C26H25N5O6S/c1-3-4-15-38-22-26(31-25(36)30(24(35)28-31)17-13-9-6-10-14-17)18(19(27-22)21(33)37-2)20(32)29(23(26)34)16-11-7-5-8-12-16/h5-14,18-19H,3-4,15H2,1-2H3,(H,28,35)/t18-,19-,26-/m1/s1. The van der Waals surface area contributed by atoms with Crippen LogP contribution < -0.4 is 16.3 Å². The fourth-order valence-corrected chi connectivity index (χ4v) is 6.29. The van der Waals surface area contributed by atoms with E-state index >= 15 is 0 Å². The van der Waals surface area contributed by atoms with Gasteiger partial charge in [0.15, 0.2) is 6.04 Å². The Hall–Kier alpha value is -4.19. The molecule has 3 aromatic rings. The average Bonchev–Trinajstić information content (AvgIpc) is 3.51.